The summed E-state index contributed by atoms with van der Waals surface area (Å²) in [7, 11) is 1.68. The fraction of sp³-hybridized carbons (Fsp3) is 0.118. The van der Waals surface area contributed by atoms with Gasteiger partial charge in [0.05, 0.1) is 24.7 Å². The quantitative estimate of drug-likeness (QED) is 0.553. The lowest BCUT2D eigenvalue weighted by atomic mass is 10.1. The molecule has 0 fully saturated rings. The second-order valence-corrected chi connectivity index (χ2v) is 4.96. The molecule has 20 heavy (non-hydrogen) atoms. The van der Waals surface area contributed by atoms with Gasteiger partial charge in [-0.05, 0) is 29.8 Å². The summed E-state index contributed by atoms with van der Waals surface area (Å²) in [6.07, 6.45) is 2.95. The number of benzene rings is 2. The van der Waals surface area contributed by atoms with Gasteiger partial charge in [-0.2, -0.15) is 5.10 Å². The fourth-order valence-corrected chi connectivity index (χ4v) is 2.83. The van der Waals surface area contributed by atoms with Gasteiger partial charge in [0.25, 0.3) is 0 Å². The Bertz CT molecular complexity index is 772. The average molecular weight is 262 g/mol. The highest BCUT2D eigenvalue weighted by Gasteiger charge is 2.23. The van der Waals surface area contributed by atoms with Crippen molar-refractivity contribution in [1.82, 2.24) is 9.78 Å². The Morgan fingerprint density at radius 2 is 1.80 bits per heavy atom. The van der Waals surface area contributed by atoms with E-state index >= 15 is 0 Å². The summed E-state index contributed by atoms with van der Waals surface area (Å²) in [6, 6.07) is 16.5. The van der Waals surface area contributed by atoms with E-state index in [4.69, 9.17) is 4.74 Å². The van der Waals surface area contributed by atoms with Crippen molar-refractivity contribution in [2.45, 2.75) is 6.42 Å². The lowest BCUT2D eigenvalue weighted by Crippen LogP contribution is -1.98. The molecule has 0 saturated heterocycles. The van der Waals surface area contributed by atoms with Crippen molar-refractivity contribution in [1.29, 1.82) is 0 Å². The molecule has 1 heterocycles. The second kappa shape index (κ2) is 4.23. The van der Waals surface area contributed by atoms with Crippen molar-refractivity contribution in [3.8, 4) is 22.7 Å². The number of nitrogens with zero attached hydrogens (tertiary/aromatic N) is 2. The summed E-state index contributed by atoms with van der Waals surface area (Å²) < 4.78 is 7.22. The molecule has 0 spiro atoms. The maximum absolute atomic E-state index is 5.21. The van der Waals surface area contributed by atoms with E-state index in [1.807, 2.05) is 35.1 Å². The minimum atomic E-state index is 0.859. The predicted molar refractivity (Wildman–Crippen MR) is 78.4 cm³/mol. The third-order valence-corrected chi connectivity index (χ3v) is 3.82. The Balaban J connectivity index is 1.86. The van der Waals surface area contributed by atoms with E-state index in [1.54, 1.807) is 7.11 Å². The van der Waals surface area contributed by atoms with Crippen molar-refractivity contribution in [3.05, 3.63) is 65.9 Å². The van der Waals surface area contributed by atoms with Gasteiger partial charge in [-0.3, -0.25) is 0 Å². The van der Waals surface area contributed by atoms with Crippen LogP contribution >= 0.6 is 0 Å². The molecule has 0 amide bonds. The number of ether oxygens (including phenoxy) is 1. The van der Waals surface area contributed by atoms with Crippen LogP contribution in [0.15, 0.2) is 54.7 Å². The number of aromatic nitrogens is 2. The van der Waals surface area contributed by atoms with Crippen LogP contribution in [0.5, 0.6) is 5.75 Å². The first kappa shape index (κ1) is 11.3. The van der Waals surface area contributed by atoms with Gasteiger partial charge in [-0.25, -0.2) is 4.68 Å². The molecule has 0 radical (unpaired) electrons. The first-order valence-corrected chi connectivity index (χ1v) is 6.66. The van der Waals surface area contributed by atoms with Gasteiger partial charge in [0.2, 0.25) is 0 Å². The van der Waals surface area contributed by atoms with Crippen molar-refractivity contribution in [2.24, 2.45) is 0 Å². The van der Waals surface area contributed by atoms with E-state index in [2.05, 4.69) is 29.4 Å². The van der Waals surface area contributed by atoms with Crippen LogP contribution in [0.3, 0.4) is 0 Å². The number of methoxy groups -OCH3 is 1. The maximum atomic E-state index is 5.21. The largest absolute Gasteiger partial charge is 0.497 e. The molecule has 3 nitrogen and oxygen atoms in total. The van der Waals surface area contributed by atoms with Crippen LogP contribution in [0.1, 0.15) is 11.1 Å². The molecule has 2 aromatic carbocycles. The molecule has 0 bridgehead atoms. The summed E-state index contributed by atoms with van der Waals surface area (Å²) in [4.78, 5) is 0. The normalized spacial score (nSPS) is 12.1. The predicted octanol–water partition coefficient (Wildman–Crippen LogP) is 3.45. The highest BCUT2D eigenvalue weighted by molar-refractivity contribution is 5.75. The molecule has 1 aliphatic rings. The third kappa shape index (κ3) is 1.56. The zero-order valence-electron chi connectivity index (χ0n) is 11.2. The minimum Gasteiger partial charge on any atom is -0.497 e. The van der Waals surface area contributed by atoms with Crippen molar-refractivity contribution < 1.29 is 4.74 Å². The van der Waals surface area contributed by atoms with Gasteiger partial charge >= 0.3 is 0 Å². The molecule has 0 saturated carbocycles. The molecule has 98 valence electrons. The van der Waals surface area contributed by atoms with E-state index in [-0.39, 0.29) is 0 Å². The van der Waals surface area contributed by atoms with Crippen LogP contribution in [0.25, 0.3) is 16.9 Å². The molecular formula is C17H14N2O. The zero-order valence-corrected chi connectivity index (χ0v) is 11.2. The van der Waals surface area contributed by atoms with Crippen molar-refractivity contribution >= 4 is 0 Å². The molecule has 3 heteroatoms. The highest BCUT2D eigenvalue weighted by atomic mass is 16.5. The highest BCUT2D eigenvalue weighted by Crippen LogP contribution is 2.37. The van der Waals surface area contributed by atoms with E-state index in [1.165, 1.54) is 22.4 Å². The Hall–Kier alpha value is -2.55. The summed E-state index contributed by atoms with van der Waals surface area (Å²) in [5, 5.41) is 4.54. The topological polar surface area (TPSA) is 27.1 Å². The van der Waals surface area contributed by atoms with E-state index in [0.29, 0.717) is 0 Å². The fourth-order valence-electron chi connectivity index (χ4n) is 2.83. The van der Waals surface area contributed by atoms with Crippen LogP contribution in [-0.4, -0.2) is 16.9 Å². The number of rotatable bonds is 2. The Kier molecular flexibility index (Phi) is 2.39. The molecule has 0 N–H and O–H groups in total. The summed E-state index contributed by atoms with van der Waals surface area (Å²) >= 11 is 0. The molecule has 0 aliphatic heterocycles. The molecule has 0 atom stereocenters. The number of hydrogen-bond acceptors (Lipinski definition) is 2. The zero-order chi connectivity index (χ0) is 13.5. The number of hydrogen-bond donors (Lipinski definition) is 0. The van der Waals surface area contributed by atoms with Gasteiger partial charge < -0.3 is 4.74 Å². The molecule has 1 aliphatic carbocycles. The molecule has 4 rings (SSSR count). The van der Waals surface area contributed by atoms with Crippen LogP contribution in [-0.2, 0) is 6.42 Å². The Morgan fingerprint density at radius 3 is 2.60 bits per heavy atom. The van der Waals surface area contributed by atoms with E-state index < -0.39 is 0 Å². The average Bonchev–Trinajstić information content (AvgIpc) is 3.06. The Morgan fingerprint density at radius 1 is 1.00 bits per heavy atom. The van der Waals surface area contributed by atoms with Gasteiger partial charge in [0.1, 0.15) is 5.75 Å². The van der Waals surface area contributed by atoms with E-state index in [9.17, 15) is 0 Å². The third-order valence-electron chi connectivity index (χ3n) is 3.82. The van der Waals surface area contributed by atoms with Crippen LogP contribution in [0.2, 0.25) is 0 Å². The van der Waals surface area contributed by atoms with Gasteiger partial charge in [0, 0.05) is 17.5 Å². The lowest BCUT2D eigenvalue weighted by Gasteiger charge is -2.08. The summed E-state index contributed by atoms with van der Waals surface area (Å²) in [6.45, 7) is 0. The number of fused-ring (bicyclic) bond motifs is 3. The van der Waals surface area contributed by atoms with Crippen LogP contribution in [0.4, 0.5) is 0 Å². The summed E-state index contributed by atoms with van der Waals surface area (Å²) in [5.74, 6) is 0.859. The first-order chi connectivity index (χ1) is 9.86. The molecular weight excluding hydrogens is 248 g/mol. The Labute approximate surface area is 117 Å². The van der Waals surface area contributed by atoms with Crippen LogP contribution < -0.4 is 4.74 Å². The monoisotopic (exact) mass is 262 g/mol. The summed E-state index contributed by atoms with van der Waals surface area (Å²) in [5.41, 5.74) is 6.23. The molecule has 0 unspecified atom stereocenters. The van der Waals surface area contributed by atoms with E-state index in [0.717, 1.165) is 17.9 Å². The van der Waals surface area contributed by atoms with Crippen molar-refractivity contribution in [2.75, 3.05) is 7.11 Å². The standard InChI is InChI=1S/C17H14N2O/c1-20-15-8-6-14(7-9-15)19-17-13(11-18-19)10-12-4-2-3-5-16(12)17/h2-9,11H,10H2,1H3. The second-order valence-electron chi connectivity index (χ2n) is 4.96. The first-order valence-electron chi connectivity index (χ1n) is 6.66. The van der Waals surface area contributed by atoms with Crippen LogP contribution in [0, 0.1) is 0 Å². The molecule has 3 aromatic rings. The van der Waals surface area contributed by atoms with Crippen molar-refractivity contribution in [3.63, 3.8) is 0 Å². The maximum Gasteiger partial charge on any atom is 0.119 e. The smallest absolute Gasteiger partial charge is 0.119 e. The van der Waals surface area contributed by atoms with Gasteiger partial charge in [-0.15, -0.1) is 0 Å². The lowest BCUT2D eigenvalue weighted by molar-refractivity contribution is 0.414. The SMILES string of the molecule is COc1ccc(-n2ncc3c2-c2ccccc2C3)cc1. The van der Waals surface area contributed by atoms with Gasteiger partial charge in [0.15, 0.2) is 0 Å². The van der Waals surface area contributed by atoms with Gasteiger partial charge in [-0.1, -0.05) is 24.3 Å². The molecule has 1 aromatic heterocycles. The minimum absolute atomic E-state index is 0.859.